The molecule has 4 aliphatic carbocycles. The minimum atomic E-state index is -0.294. The van der Waals surface area contributed by atoms with Crippen molar-refractivity contribution in [2.45, 2.75) is 19.8 Å². The topological polar surface area (TPSA) is 66.9 Å². The van der Waals surface area contributed by atoms with Crippen molar-refractivity contribution in [1.29, 1.82) is 0 Å². The number of hydrogen-bond donors (Lipinski definition) is 0. The van der Waals surface area contributed by atoms with E-state index >= 15 is 0 Å². The third-order valence-electron chi connectivity index (χ3n) is 8.28. The first-order valence-electron chi connectivity index (χ1n) is 12.1. The van der Waals surface area contributed by atoms with Gasteiger partial charge in [-0.2, -0.15) is 0 Å². The number of carbonyl (C=O) groups excluding carboxylic acids is 3. The summed E-state index contributed by atoms with van der Waals surface area (Å²) in [6.45, 7) is 1.94. The molecule has 2 saturated carbocycles. The van der Waals surface area contributed by atoms with Crippen LogP contribution >= 0.6 is 0 Å². The lowest BCUT2D eigenvalue weighted by Crippen LogP contribution is -2.45. The highest BCUT2D eigenvalue weighted by Gasteiger charge is 2.67. The monoisotopic (exact) mass is 456 g/mol. The van der Waals surface area contributed by atoms with Crippen molar-refractivity contribution in [3.63, 3.8) is 0 Å². The van der Waals surface area contributed by atoms with Gasteiger partial charge >= 0.3 is 0 Å². The molecule has 0 aromatic heterocycles. The number of anilines is 1. The van der Waals surface area contributed by atoms with E-state index in [4.69, 9.17) is 4.74 Å². The van der Waals surface area contributed by atoms with Gasteiger partial charge in [0.15, 0.2) is 0 Å². The molecule has 6 unspecified atom stereocenters. The first kappa shape index (κ1) is 21.1. The summed E-state index contributed by atoms with van der Waals surface area (Å²) in [7, 11) is 1.53. The number of aryl methyl sites for hydroxylation is 1. The van der Waals surface area contributed by atoms with Gasteiger partial charge in [-0.1, -0.05) is 49.4 Å². The van der Waals surface area contributed by atoms with E-state index in [-0.39, 0.29) is 48.1 Å². The van der Waals surface area contributed by atoms with Gasteiger partial charge in [-0.05, 0) is 60.3 Å². The van der Waals surface area contributed by atoms with E-state index in [2.05, 4.69) is 12.2 Å². The maximum Gasteiger partial charge on any atom is 0.263 e. The van der Waals surface area contributed by atoms with Crippen LogP contribution in [0.1, 0.15) is 29.3 Å². The fourth-order valence-corrected chi connectivity index (χ4v) is 6.59. The van der Waals surface area contributed by atoms with Crippen molar-refractivity contribution in [3.8, 4) is 5.75 Å². The molecule has 6 nitrogen and oxygen atoms in total. The van der Waals surface area contributed by atoms with Crippen molar-refractivity contribution >= 4 is 23.4 Å². The van der Waals surface area contributed by atoms with Crippen LogP contribution in [-0.4, -0.2) is 36.4 Å². The number of amides is 3. The van der Waals surface area contributed by atoms with Crippen LogP contribution in [0.5, 0.6) is 5.75 Å². The Morgan fingerprint density at radius 1 is 0.971 bits per heavy atom. The van der Waals surface area contributed by atoms with Gasteiger partial charge in [-0.3, -0.25) is 24.2 Å². The average Bonchev–Trinajstić information content (AvgIpc) is 3.67. The maximum absolute atomic E-state index is 13.9. The highest BCUT2D eigenvalue weighted by Crippen LogP contribution is 2.65. The predicted octanol–water partition coefficient (Wildman–Crippen LogP) is 3.92. The van der Waals surface area contributed by atoms with Gasteiger partial charge in [0.2, 0.25) is 11.8 Å². The third-order valence-corrected chi connectivity index (χ3v) is 8.28. The van der Waals surface area contributed by atoms with Gasteiger partial charge in [-0.25, -0.2) is 0 Å². The largest absolute Gasteiger partial charge is 0.496 e. The number of methoxy groups -OCH3 is 1. The number of nitrogens with zero attached hydrogens (tertiary/aromatic N) is 2. The molecule has 34 heavy (non-hydrogen) atoms. The zero-order valence-electron chi connectivity index (χ0n) is 19.4. The quantitative estimate of drug-likeness (QED) is 0.488. The van der Waals surface area contributed by atoms with Gasteiger partial charge in [0.1, 0.15) is 12.4 Å². The molecule has 1 aliphatic heterocycles. The van der Waals surface area contributed by atoms with E-state index in [9.17, 15) is 14.4 Å². The second kappa shape index (κ2) is 7.83. The van der Waals surface area contributed by atoms with Crippen LogP contribution < -0.4 is 9.64 Å². The molecule has 1 heterocycles. The average molecular weight is 457 g/mol. The molecule has 3 fully saturated rings. The standard InChI is InChI=1S/C28H28N2O4/c1-3-16-8-4-6-10-22(16)29(26(31)19-9-5-7-11-23(19)34-2)15-30-27(32)24-17-12-13-18(21-14-20(17)21)25(24)28(30)33/h4-13,17-18,20-21,24-25H,3,14-15H2,1-2H3. The fourth-order valence-electron chi connectivity index (χ4n) is 6.59. The van der Waals surface area contributed by atoms with Crippen LogP contribution in [0.3, 0.4) is 0 Å². The maximum atomic E-state index is 13.9. The molecule has 0 spiro atoms. The SMILES string of the molecule is CCc1ccccc1N(CN1C(=O)C2C3C=CC(C4CC34)C2C1=O)C(=O)c1ccccc1OC. The first-order valence-corrected chi connectivity index (χ1v) is 12.1. The molecule has 6 atom stereocenters. The highest BCUT2D eigenvalue weighted by molar-refractivity contribution is 6.11. The van der Waals surface area contributed by atoms with Crippen molar-refractivity contribution in [1.82, 2.24) is 4.90 Å². The molecule has 3 amide bonds. The number of benzene rings is 2. The van der Waals surface area contributed by atoms with Gasteiger partial charge in [0.25, 0.3) is 5.91 Å². The van der Waals surface area contributed by atoms with E-state index in [1.54, 1.807) is 23.1 Å². The molecule has 1 saturated heterocycles. The normalized spacial score (nSPS) is 30.2. The van der Waals surface area contributed by atoms with Crippen LogP contribution in [0.4, 0.5) is 5.69 Å². The summed E-state index contributed by atoms with van der Waals surface area (Å²) in [5.41, 5.74) is 2.08. The van der Waals surface area contributed by atoms with E-state index in [1.807, 2.05) is 37.3 Å². The lowest BCUT2D eigenvalue weighted by Gasteiger charge is -2.37. The van der Waals surface area contributed by atoms with Crippen LogP contribution in [0.15, 0.2) is 60.7 Å². The summed E-state index contributed by atoms with van der Waals surface area (Å²) >= 11 is 0. The second-order valence-electron chi connectivity index (χ2n) is 9.82. The number of likely N-dealkylation sites (tertiary alicyclic amines) is 1. The molecule has 2 bridgehead atoms. The van der Waals surface area contributed by atoms with E-state index in [0.29, 0.717) is 28.8 Å². The molecule has 6 heteroatoms. The summed E-state index contributed by atoms with van der Waals surface area (Å²) in [6, 6.07) is 14.7. The Hall–Kier alpha value is -3.41. The number of carbonyl (C=O) groups is 3. The van der Waals surface area contributed by atoms with Gasteiger partial charge in [-0.15, -0.1) is 0 Å². The number of imide groups is 1. The Morgan fingerprint density at radius 3 is 2.24 bits per heavy atom. The lowest BCUT2D eigenvalue weighted by molar-refractivity contribution is -0.140. The summed E-state index contributed by atoms with van der Waals surface area (Å²) in [5.74, 6) is 0.731. The Bertz CT molecular complexity index is 1180. The number of para-hydroxylation sites is 2. The summed E-state index contributed by atoms with van der Waals surface area (Å²) < 4.78 is 5.45. The summed E-state index contributed by atoms with van der Waals surface area (Å²) in [4.78, 5) is 44.0. The Kier molecular flexibility index (Phi) is 4.87. The van der Waals surface area contributed by atoms with Gasteiger partial charge in [0, 0.05) is 5.69 Å². The number of allylic oxidation sites excluding steroid dienone is 2. The van der Waals surface area contributed by atoms with Crippen molar-refractivity contribution in [2.24, 2.45) is 35.5 Å². The molecule has 174 valence electrons. The number of hydrogen-bond acceptors (Lipinski definition) is 4. The molecule has 0 radical (unpaired) electrons. The number of rotatable bonds is 6. The Morgan fingerprint density at radius 2 is 1.59 bits per heavy atom. The second-order valence-corrected chi connectivity index (χ2v) is 9.82. The Labute approximate surface area is 199 Å². The van der Waals surface area contributed by atoms with E-state index in [1.165, 1.54) is 12.0 Å². The van der Waals surface area contributed by atoms with Crippen molar-refractivity contribution in [2.75, 3.05) is 18.7 Å². The zero-order chi connectivity index (χ0) is 23.6. The van der Waals surface area contributed by atoms with Gasteiger partial charge in [0.05, 0.1) is 24.5 Å². The van der Waals surface area contributed by atoms with Crippen LogP contribution in [0, 0.1) is 35.5 Å². The predicted molar refractivity (Wildman–Crippen MR) is 127 cm³/mol. The van der Waals surface area contributed by atoms with E-state index in [0.717, 1.165) is 18.4 Å². The Balaban J connectivity index is 1.38. The van der Waals surface area contributed by atoms with Crippen LogP contribution in [0.25, 0.3) is 0 Å². The minimum absolute atomic E-state index is 0.0899. The molecule has 0 N–H and O–H groups in total. The minimum Gasteiger partial charge on any atom is -0.496 e. The molecule has 7 rings (SSSR count). The summed E-state index contributed by atoms with van der Waals surface area (Å²) in [6.07, 6.45) is 6.17. The highest BCUT2D eigenvalue weighted by atomic mass is 16.5. The zero-order valence-corrected chi connectivity index (χ0v) is 19.4. The van der Waals surface area contributed by atoms with Gasteiger partial charge < -0.3 is 4.74 Å². The molecular weight excluding hydrogens is 428 g/mol. The fraction of sp³-hybridized carbons (Fsp3) is 0.393. The van der Waals surface area contributed by atoms with Crippen LogP contribution in [0.2, 0.25) is 0 Å². The van der Waals surface area contributed by atoms with Crippen molar-refractivity contribution < 1.29 is 19.1 Å². The molecule has 2 aromatic carbocycles. The lowest BCUT2D eigenvalue weighted by atomic mass is 9.63. The molecule has 2 aromatic rings. The first-order chi connectivity index (χ1) is 16.5. The van der Waals surface area contributed by atoms with Crippen LogP contribution in [-0.2, 0) is 16.0 Å². The molecular formula is C28H28N2O4. The molecule has 5 aliphatic rings. The van der Waals surface area contributed by atoms with Crippen molar-refractivity contribution in [3.05, 3.63) is 71.8 Å². The smallest absolute Gasteiger partial charge is 0.263 e. The van der Waals surface area contributed by atoms with E-state index < -0.39 is 0 Å². The third kappa shape index (κ3) is 2.97. The number of ether oxygens (including phenoxy) is 1. The summed E-state index contributed by atoms with van der Waals surface area (Å²) in [5, 5.41) is 0.